The van der Waals surface area contributed by atoms with Crippen molar-refractivity contribution in [3.8, 4) is 0 Å². The molecule has 1 saturated heterocycles. The Morgan fingerprint density at radius 2 is 1.89 bits per heavy atom. The zero-order valence-corrected chi connectivity index (χ0v) is 11.1. The van der Waals surface area contributed by atoms with E-state index in [4.69, 9.17) is 0 Å². The molecule has 0 radical (unpaired) electrons. The zero-order valence-electron chi connectivity index (χ0n) is 11.1. The highest BCUT2D eigenvalue weighted by molar-refractivity contribution is 5.86. The summed E-state index contributed by atoms with van der Waals surface area (Å²) in [6, 6.07) is 14.0. The van der Waals surface area contributed by atoms with Crippen molar-refractivity contribution >= 4 is 16.5 Å². The average Bonchev–Trinajstić information content (AvgIpc) is 2.91. The van der Waals surface area contributed by atoms with Gasteiger partial charge in [-0.1, -0.05) is 29.8 Å². The second kappa shape index (κ2) is 4.62. The Balaban J connectivity index is 1.94. The van der Waals surface area contributed by atoms with Crippen LogP contribution < -0.4 is 10.2 Å². The SMILES string of the molecule is Cc1ccc2cc(N(C)C3CCNC3)ccc2c1. The molecule has 2 nitrogen and oxygen atoms in total. The van der Waals surface area contributed by atoms with Crippen LogP contribution in [0.5, 0.6) is 0 Å². The first-order valence-electron chi connectivity index (χ1n) is 6.68. The lowest BCUT2D eigenvalue weighted by Crippen LogP contribution is -2.33. The van der Waals surface area contributed by atoms with E-state index < -0.39 is 0 Å². The van der Waals surface area contributed by atoms with Crippen molar-refractivity contribution in [1.29, 1.82) is 0 Å². The number of hydrogen-bond donors (Lipinski definition) is 1. The van der Waals surface area contributed by atoms with E-state index in [2.05, 4.69) is 60.6 Å². The number of anilines is 1. The van der Waals surface area contributed by atoms with Crippen LogP contribution in [0.25, 0.3) is 10.8 Å². The van der Waals surface area contributed by atoms with E-state index in [9.17, 15) is 0 Å². The second-order valence-electron chi connectivity index (χ2n) is 5.29. The van der Waals surface area contributed by atoms with E-state index in [1.165, 1.54) is 28.4 Å². The molecule has 1 unspecified atom stereocenters. The molecule has 1 aliphatic rings. The number of nitrogens with zero attached hydrogens (tertiary/aromatic N) is 1. The van der Waals surface area contributed by atoms with Crippen molar-refractivity contribution in [3.63, 3.8) is 0 Å². The highest BCUT2D eigenvalue weighted by Crippen LogP contribution is 2.24. The Kier molecular flexibility index (Phi) is 2.96. The third-order valence-corrected chi connectivity index (χ3v) is 3.97. The van der Waals surface area contributed by atoms with E-state index in [1.807, 2.05) is 0 Å². The number of aryl methyl sites for hydroxylation is 1. The lowest BCUT2D eigenvalue weighted by atomic mass is 10.1. The molecular weight excluding hydrogens is 220 g/mol. The van der Waals surface area contributed by atoms with Gasteiger partial charge in [0.05, 0.1) is 0 Å². The number of hydrogen-bond acceptors (Lipinski definition) is 2. The molecule has 3 rings (SSSR count). The Labute approximate surface area is 109 Å². The van der Waals surface area contributed by atoms with Gasteiger partial charge in [0.2, 0.25) is 0 Å². The van der Waals surface area contributed by atoms with Gasteiger partial charge in [-0.3, -0.25) is 0 Å². The van der Waals surface area contributed by atoms with Crippen molar-refractivity contribution in [1.82, 2.24) is 5.32 Å². The monoisotopic (exact) mass is 240 g/mol. The molecule has 18 heavy (non-hydrogen) atoms. The van der Waals surface area contributed by atoms with Gasteiger partial charge in [-0.2, -0.15) is 0 Å². The Morgan fingerprint density at radius 1 is 1.11 bits per heavy atom. The van der Waals surface area contributed by atoms with Crippen molar-refractivity contribution < 1.29 is 0 Å². The number of nitrogens with one attached hydrogen (secondary N) is 1. The molecule has 0 spiro atoms. The first-order valence-corrected chi connectivity index (χ1v) is 6.68. The lowest BCUT2D eigenvalue weighted by molar-refractivity contribution is 0.686. The fourth-order valence-corrected chi connectivity index (χ4v) is 2.75. The molecule has 2 heteroatoms. The van der Waals surface area contributed by atoms with Gasteiger partial charge in [0.1, 0.15) is 0 Å². The molecule has 0 aliphatic carbocycles. The molecule has 2 aromatic carbocycles. The largest absolute Gasteiger partial charge is 0.370 e. The average molecular weight is 240 g/mol. The summed E-state index contributed by atoms with van der Waals surface area (Å²) >= 11 is 0. The summed E-state index contributed by atoms with van der Waals surface area (Å²) in [5.74, 6) is 0. The summed E-state index contributed by atoms with van der Waals surface area (Å²) in [6.07, 6.45) is 1.24. The van der Waals surface area contributed by atoms with E-state index in [1.54, 1.807) is 0 Å². The summed E-state index contributed by atoms with van der Waals surface area (Å²) < 4.78 is 0. The van der Waals surface area contributed by atoms with Gasteiger partial charge in [-0.15, -0.1) is 0 Å². The number of likely N-dealkylation sites (N-methyl/N-ethyl adjacent to an activating group) is 1. The normalized spacial score (nSPS) is 19.3. The number of fused-ring (bicyclic) bond motifs is 1. The van der Waals surface area contributed by atoms with Crippen molar-refractivity contribution in [3.05, 3.63) is 42.0 Å². The molecule has 1 N–H and O–H groups in total. The zero-order chi connectivity index (χ0) is 12.5. The van der Waals surface area contributed by atoms with E-state index >= 15 is 0 Å². The van der Waals surface area contributed by atoms with Gasteiger partial charge >= 0.3 is 0 Å². The second-order valence-corrected chi connectivity index (χ2v) is 5.29. The third kappa shape index (κ3) is 2.08. The van der Waals surface area contributed by atoms with Gasteiger partial charge in [-0.05, 0) is 42.8 Å². The molecule has 1 atom stereocenters. The maximum atomic E-state index is 3.43. The van der Waals surface area contributed by atoms with E-state index in [0.717, 1.165) is 13.1 Å². The predicted octanol–water partition coefficient (Wildman–Crippen LogP) is 2.95. The molecule has 0 saturated carbocycles. The van der Waals surface area contributed by atoms with Gasteiger partial charge in [0, 0.05) is 25.3 Å². The Morgan fingerprint density at radius 3 is 2.67 bits per heavy atom. The van der Waals surface area contributed by atoms with Crippen LogP contribution in [0.1, 0.15) is 12.0 Å². The Bertz CT molecular complexity index is 556. The lowest BCUT2D eigenvalue weighted by Gasteiger charge is -2.26. The minimum absolute atomic E-state index is 0.632. The topological polar surface area (TPSA) is 15.3 Å². The van der Waals surface area contributed by atoms with Crippen molar-refractivity contribution in [2.75, 3.05) is 25.0 Å². The van der Waals surface area contributed by atoms with E-state index in [0.29, 0.717) is 6.04 Å². The molecule has 0 aromatic heterocycles. The fourth-order valence-electron chi connectivity index (χ4n) is 2.75. The van der Waals surface area contributed by atoms with Crippen LogP contribution in [-0.2, 0) is 0 Å². The van der Waals surface area contributed by atoms with Crippen molar-refractivity contribution in [2.24, 2.45) is 0 Å². The number of rotatable bonds is 2. The standard InChI is InChI=1S/C16H20N2/c1-12-3-4-14-10-15(6-5-13(14)9-12)18(2)16-7-8-17-11-16/h3-6,9-10,16-17H,7-8,11H2,1-2H3. The van der Waals surface area contributed by atoms with Crippen LogP contribution in [0.15, 0.2) is 36.4 Å². The molecule has 1 heterocycles. The smallest absolute Gasteiger partial charge is 0.0423 e. The van der Waals surface area contributed by atoms with Gasteiger partial charge in [0.25, 0.3) is 0 Å². The fraction of sp³-hybridized carbons (Fsp3) is 0.375. The van der Waals surface area contributed by atoms with Crippen LogP contribution in [0.3, 0.4) is 0 Å². The minimum atomic E-state index is 0.632. The molecule has 94 valence electrons. The number of benzene rings is 2. The predicted molar refractivity (Wildman–Crippen MR) is 78.4 cm³/mol. The third-order valence-electron chi connectivity index (χ3n) is 3.97. The molecule has 0 amide bonds. The summed E-state index contributed by atoms with van der Waals surface area (Å²) in [7, 11) is 2.20. The quantitative estimate of drug-likeness (QED) is 0.868. The van der Waals surface area contributed by atoms with E-state index in [-0.39, 0.29) is 0 Å². The molecule has 0 bridgehead atoms. The first kappa shape index (κ1) is 11.5. The molecular formula is C16H20N2. The maximum absolute atomic E-state index is 3.43. The minimum Gasteiger partial charge on any atom is -0.370 e. The van der Waals surface area contributed by atoms with Crippen LogP contribution in [0.4, 0.5) is 5.69 Å². The summed E-state index contributed by atoms with van der Waals surface area (Å²) in [6.45, 7) is 4.38. The van der Waals surface area contributed by atoms with Crippen LogP contribution in [0.2, 0.25) is 0 Å². The van der Waals surface area contributed by atoms with Crippen molar-refractivity contribution in [2.45, 2.75) is 19.4 Å². The van der Waals surface area contributed by atoms with Gasteiger partial charge < -0.3 is 10.2 Å². The summed E-state index contributed by atoms with van der Waals surface area (Å²) in [5, 5.41) is 6.09. The highest BCUT2D eigenvalue weighted by Gasteiger charge is 2.19. The highest BCUT2D eigenvalue weighted by atomic mass is 15.2. The van der Waals surface area contributed by atoms with Crippen LogP contribution in [0, 0.1) is 6.92 Å². The molecule has 1 fully saturated rings. The van der Waals surface area contributed by atoms with Gasteiger partial charge in [-0.25, -0.2) is 0 Å². The van der Waals surface area contributed by atoms with Crippen LogP contribution in [-0.4, -0.2) is 26.2 Å². The molecule has 2 aromatic rings. The Hall–Kier alpha value is -1.54. The van der Waals surface area contributed by atoms with Gasteiger partial charge in [0.15, 0.2) is 0 Å². The summed E-state index contributed by atoms with van der Waals surface area (Å²) in [5.41, 5.74) is 2.64. The molecule has 1 aliphatic heterocycles. The van der Waals surface area contributed by atoms with Crippen LogP contribution >= 0.6 is 0 Å². The first-order chi connectivity index (χ1) is 8.74. The summed E-state index contributed by atoms with van der Waals surface area (Å²) in [4.78, 5) is 2.40. The maximum Gasteiger partial charge on any atom is 0.0423 e.